The number of nitrogens with zero attached hydrogens (tertiary/aromatic N) is 2. The van der Waals surface area contributed by atoms with Gasteiger partial charge in [-0.15, -0.1) is 0 Å². The molecule has 63 heavy (non-hydrogen) atoms. The van der Waals surface area contributed by atoms with Crippen LogP contribution in [0.5, 0.6) is 0 Å². The minimum atomic E-state index is -4.70. The molecule has 0 aromatic heterocycles. The highest BCUT2D eigenvalue weighted by Gasteiger charge is 2.32. The molecule has 0 unspecified atom stereocenters. The van der Waals surface area contributed by atoms with Gasteiger partial charge in [-0.3, -0.25) is 0 Å². The molecule has 0 fully saturated rings. The van der Waals surface area contributed by atoms with Crippen LogP contribution < -0.4 is 9.80 Å². The van der Waals surface area contributed by atoms with Gasteiger partial charge in [0.05, 0.1) is 28.3 Å². The maximum Gasteiger partial charge on any atom is 0.416 e. The molecule has 0 spiro atoms. The second-order valence-corrected chi connectivity index (χ2v) is 15.4. The second-order valence-electron chi connectivity index (χ2n) is 15.4. The van der Waals surface area contributed by atoms with Crippen molar-refractivity contribution in [1.29, 1.82) is 0 Å². The number of aryl methyl sites for hydroxylation is 1. The van der Waals surface area contributed by atoms with E-state index < -0.39 is 35.0 Å². The summed E-state index contributed by atoms with van der Waals surface area (Å²) in [6, 6.07) is 49.2. The van der Waals surface area contributed by atoms with E-state index in [0.29, 0.717) is 39.3 Å². The van der Waals surface area contributed by atoms with Crippen molar-refractivity contribution in [3.05, 3.63) is 216 Å². The Hall–Kier alpha value is -7.65. The van der Waals surface area contributed by atoms with E-state index >= 15 is 17.6 Å². The Morgan fingerprint density at radius 3 is 1.32 bits per heavy atom. The zero-order chi connectivity index (χ0) is 43.6. The number of para-hydroxylation sites is 2. The van der Waals surface area contributed by atoms with E-state index in [0.717, 1.165) is 62.8 Å². The number of rotatable bonds is 8. The molecule has 0 heterocycles. The van der Waals surface area contributed by atoms with Gasteiger partial charge in [-0.25, -0.2) is 17.6 Å². The van der Waals surface area contributed by atoms with E-state index in [2.05, 4.69) is 0 Å². The van der Waals surface area contributed by atoms with E-state index in [-0.39, 0.29) is 22.5 Å². The highest BCUT2D eigenvalue weighted by molar-refractivity contribution is 6.28. The first-order valence-corrected chi connectivity index (χ1v) is 20.1. The molecule has 0 bridgehead atoms. The van der Waals surface area contributed by atoms with E-state index in [9.17, 15) is 13.2 Å². The molecule has 0 saturated heterocycles. The first-order chi connectivity index (χ1) is 30.4. The van der Waals surface area contributed by atoms with Crippen LogP contribution in [0.25, 0.3) is 54.6 Å². The Labute approximate surface area is 357 Å². The summed E-state index contributed by atoms with van der Waals surface area (Å²) in [5.74, 6) is -3.42. The standard InChI is InChI=1S/C54H33F7N2/c1-32-10-8-11-35(26-32)44-28-38(55)30-46(57)52(44)62(40-14-4-2-5-15-40)48-24-20-33-19-23-43-49(25-21-34-18-22-42(48)50(33)51(34)43)63(41-16-6-3-7-17-41)53-45(29-39(56)31-47(53)58)36-12-9-13-37(27-36)54(59,60)61/h2-31H,1H3. The minimum absolute atomic E-state index is 0.0272. The Kier molecular flexibility index (Phi) is 9.63. The first-order valence-electron chi connectivity index (χ1n) is 20.1. The Bertz CT molecular complexity index is 3350. The minimum Gasteiger partial charge on any atom is -0.307 e. The van der Waals surface area contributed by atoms with E-state index in [1.54, 1.807) is 40.1 Å². The van der Waals surface area contributed by atoms with Gasteiger partial charge in [0.2, 0.25) is 0 Å². The highest BCUT2D eigenvalue weighted by Crippen LogP contribution is 2.51. The SMILES string of the molecule is Cc1cccc(-c2cc(F)cc(F)c2N(c2ccccc2)c2ccc3ccc4c(N(c5ccccc5)c5c(F)cc(F)cc5-c5cccc(C(F)(F)F)c5)ccc5ccc2c3c54)c1. The van der Waals surface area contributed by atoms with Crippen molar-refractivity contribution in [2.24, 2.45) is 0 Å². The summed E-state index contributed by atoms with van der Waals surface area (Å²) in [4.78, 5) is 3.40. The molecule has 2 nitrogen and oxygen atoms in total. The Balaban J connectivity index is 1.25. The summed E-state index contributed by atoms with van der Waals surface area (Å²) in [6.07, 6.45) is -4.70. The average molecular weight is 843 g/mol. The molecule has 0 aliphatic heterocycles. The van der Waals surface area contributed by atoms with Gasteiger partial charge in [0.25, 0.3) is 0 Å². The van der Waals surface area contributed by atoms with Gasteiger partial charge in [-0.2, -0.15) is 13.2 Å². The topological polar surface area (TPSA) is 6.48 Å². The smallest absolute Gasteiger partial charge is 0.307 e. The van der Waals surface area contributed by atoms with Crippen LogP contribution in [-0.4, -0.2) is 0 Å². The van der Waals surface area contributed by atoms with Crippen molar-refractivity contribution in [1.82, 2.24) is 0 Å². The Morgan fingerprint density at radius 1 is 0.413 bits per heavy atom. The van der Waals surface area contributed by atoms with Crippen molar-refractivity contribution in [2.75, 3.05) is 9.80 Å². The zero-order valence-electron chi connectivity index (χ0n) is 33.4. The zero-order valence-corrected chi connectivity index (χ0v) is 33.4. The van der Waals surface area contributed by atoms with Crippen LogP contribution in [0.3, 0.4) is 0 Å². The molecular weight excluding hydrogens is 810 g/mol. The lowest BCUT2D eigenvalue weighted by molar-refractivity contribution is -0.137. The lowest BCUT2D eigenvalue weighted by Crippen LogP contribution is -2.15. The summed E-state index contributed by atoms with van der Waals surface area (Å²) in [7, 11) is 0. The van der Waals surface area contributed by atoms with E-state index in [1.165, 1.54) is 18.2 Å². The predicted molar refractivity (Wildman–Crippen MR) is 240 cm³/mol. The monoisotopic (exact) mass is 842 g/mol. The molecule has 10 rings (SSSR count). The van der Waals surface area contributed by atoms with Crippen molar-refractivity contribution < 1.29 is 30.7 Å². The van der Waals surface area contributed by atoms with Gasteiger partial charge in [0, 0.05) is 45.4 Å². The number of anilines is 6. The normalized spacial score (nSPS) is 11.8. The lowest BCUT2D eigenvalue weighted by Gasteiger charge is -2.31. The fraction of sp³-hybridized carbons (Fsp3) is 0.0370. The van der Waals surface area contributed by atoms with E-state index in [4.69, 9.17) is 0 Å². The molecule has 0 N–H and O–H groups in total. The summed E-state index contributed by atoms with van der Waals surface area (Å²) < 4.78 is 106. The van der Waals surface area contributed by atoms with Crippen LogP contribution in [0, 0.1) is 30.2 Å². The molecule has 308 valence electrons. The summed E-state index contributed by atoms with van der Waals surface area (Å²) in [5.41, 5.74) is 2.99. The fourth-order valence-electron chi connectivity index (χ4n) is 8.79. The summed E-state index contributed by atoms with van der Waals surface area (Å²) in [6.45, 7) is 1.92. The van der Waals surface area contributed by atoms with Crippen molar-refractivity contribution >= 4 is 66.4 Å². The first kappa shape index (κ1) is 39.5. The van der Waals surface area contributed by atoms with Crippen LogP contribution in [0.4, 0.5) is 64.9 Å². The third kappa shape index (κ3) is 6.95. The molecular formula is C54H33F7N2. The second kappa shape index (κ2) is 15.4. The quantitative estimate of drug-likeness (QED) is 0.111. The third-order valence-corrected chi connectivity index (χ3v) is 11.5. The maximum atomic E-state index is 16.7. The predicted octanol–water partition coefficient (Wildman–Crippen LogP) is 16.7. The van der Waals surface area contributed by atoms with E-state index in [1.807, 2.05) is 110 Å². The number of halogens is 7. The van der Waals surface area contributed by atoms with Crippen molar-refractivity contribution in [2.45, 2.75) is 13.1 Å². The van der Waals surface area contributed by atoms with Gasteiger partial charge in [-0.05, 0) is 100 Å². The molecule has 10 aromatic rings. The largest absolute Gasteiger partial charge is 0.416 e. The molecule has 0 atom stereocenters. The molecule has 0 radical (unpaired) electrons. The van der Waals surface area contributed by atoms with Gasteiger partial charge < -0.3 is 9.80 Å². The number of hydrogen-bond donors (Lipinski definition) is 0. The number of hydrogen-bond acceptors (Lipinski definition) is 2. The van der Waals surface area contributed by atoms with Crippen molar-refractivity contribution in [3.8, 4) is 22.3 Å². The molecule has 0 aliphatic carbocycles. The molecule has 9 heteroatoms. The van der Waals surface area contributed by atoms with Crippen LogP contribution in [0.2, 0.25) is 0 Å². The molecule has 0 amide bonds. The van der Waals surface area contributed by atoms with Crippen molar-refractivity contribution in [3.63, 3.8) is 0 Å². The van der Waals surface area contributed by atoms with Crippen LogP contribution in [0.15, 0.2) is 182 Å². The van der Waals surface area contributed by atoms with Gasteiger partial charge in [-0.1, -0.05) is 115 Å². The number of benzene rings is 10. The summed E-state index contributed by atoms with van der Waals surface area (Å²) in [5, 5.41) is 4.64. The van der Waals surface area contributed by atoms with Gasteiger partial charge in [0.15, 0.2) is 11.6 Å². The number of alkyl halides is 3. The molecule has 0 saturated carbocycles. The van der Waals surface area contributed by atoms with Crippen LogP contribution in [0.1, 0.15) is 11.1 Å². The lowest BCUT2D eigenvalue weighted by atomic mass is 9.91. The highest BCUT2D eigenvalue weighted by atomic mass is 19.4. The van der Waals surface area contributed by atoms with Gasteiger partial charge in [0.1, 0.15) is 11.6 Å². The van der Waals surface area contributed by atoms with Gasteiger partial charge >= 0.3 is 6.18 Å². The Morgan fingerprint density at radius 2 is 0.857 bits per heavy atom. The van der Waals surface area contributed by atoms with Crippen LogP contribution >= 0.6 is 0 Å². The van der Waals surface area contributed by atoms with Crippen LogP contribution in [-0.2, 0) is 6.18 Å². The maximum absolute atomic E-state index is 16.7. The third-order valence-electron chi connectivity index (χ3n) is 11.5. The fourth-order valence-corrected chi connectivity index (χ4v) is 8.79. The molecule has 10 aromatic carbocycles. The average Bonchev–Trinajstić information content (AvgIpc) is 3.28. The summed E-state index contributed by atoms with van der Waals surface area (Å²) >= 11 is 0. The molecule has 0 aliphatic rings.